The maximum absolute atomic E-state index is 10.4. The standard InChI is InChI=1S/C6H7BrN4O/c7-4-1-9-3-11-6(4)10-2-5(8)12/h1,3H,2H2,(H2,8,12)(H,9,10,11). The molecule has 0 unspecified atom stereocenters. The predicted octanol–water partition coefficient (Wildman–Crippen LogP) is 0.136. The number of aromatic nitrogens is 2. The van der Waals surface area contributed by atoms with Crippen LogP contribution in [0.1, 0.15) is 0 Å². The maximum atomic E-state index is 10.4. The Kier molecular flexibility index (Phi) is 2.98. The molecule has 64 valence electrons. The quantitative estimate of drug-likeness (QED) is 0.775. The summed E-state index contributed by atoms with van der Waals surface area (Å²) in [5, 5.41) is 2.74. The van der Waals surface area contributed by atoms with Gasteiger partial charge in [0.15, 0.2) is 0 Å². The number of hydrogen-bond donors (Lipinski definition) is 2. The second-order valence-electron chi connectivity index (χ2n) is 2.04. The number of nitrogens with one attached hydrogen (secondary N) is 1. The highest BCUT2D eigenvalue weighted by atomic mass is 79.9. The van der Waals surface area contributed by atoms with E-state index >= 15 is 0 Å². The van der Waals surface area contributed by atoms with Crippen LogP contribution in [0.15, 0.2) is 17.0 Å². The number of halogens is 1. The van der Waals surface area contributed by atoms with E-state index < -0.39 is 5.91 Å². The Morgan fingerprint density at radius 2 is 2.50 bits per heavy atom. The van der Waals surface area contributed by atoms with Crippen molar-refractivity contribution in [3.8, 4) is 0 Å². The van der Waals surface area contributed by atoms with Gasteiger partial charge in [-0.2, -0.15) is 0 Å². The largest absolute Gasteiger partial charge is 0.368 e. The second kappa shape index (κ2) is 4.01. The lowest BCUT2D eigenvalue weighted by Gasteiger charge is -2.02. The molecule has 1 amide bonds. The smallest absolute Gasteiger partial charge is 0.236 e. The van der Waals surface area contributed by atoms with Crippen molar-refractivity contribution >= 4 is 27.7 Å². The highest BCUT2D eigenvalue weighted by Gasteiger charge is 2.00. The van der Waals surface area contributed by atoms with Crippen LogP contribution < -0.4 is 11.1 Å². The van der Waals surface area contributed by atoms with Gasteiger partial charge in [0.25, 0.3) is 0 Å². The number of primary amides is 1. The molecule has 0 atom stereocenters. The molecule has 1 aromatic rings. The molecule has 0 aliphatic carbocycles. The first-order valence-corrected chi connectivity index (χ1v) is 3.97. The summed E-state index contributed by atoms with van der Waals surface area (Å²) in [4.78, 5) is 18.0. The van der Waals surface area contributed by atoms with Crippen molar-refractivity contribution in [2.45, 2.75) is 0 Å². The number of carbonyl (C=O) groups excluding carboxylic acids is 1. The number of carbonyl (C=O) groups is 1. The van der Waals surface area contributed by atoms with Crippen molar-refractivity contribution in [2.75, 3.05) is 11.9 Å². The molecule has 0 aliphatic heterocycles. The fourth-order valence-electron chi connectivity index (χ4n) is 0.614. The van der Waals surface area contributed by atoms with Crippen LogP contribution in [0, 0.1) is 0 Å². The van der Waals surface area contributed by atoms with E-state index in [9.17, 15) is 4.79 Å². The molecule has 12 heavy (non-hydrogen) atoms. The summed E-state index contributed by atoms with van der Waals surface area (Å²) in [6.45, 7) is 0.0651. The third kappa shape index (κ3) is 2.46. The summed E-state index contributed by atoms with van der Waals surface area (Å²) in [5.74, 6) is 0.129. The number of hydrogen-bond acceptors (Lipinski definition) is 4. The Bertz CT molecular complexity index is 291. The van der Waals surface area contributed by atoms with E-state index in [2.05, 4.69) is 31.2 Å². The maximum Gasteiger partial charge on any atom is 0.236 e. The SMILES string of the molecule is NC(=O)CNc1ncncc1Br. The molecular formula is C6H7BrN4O. The van der Waals surface area contributed by atoms with Crippen molar-refractivity contribution in [2.24, 2.45) is 5.73 Å². The Hall–Kier alpha value is -1.17. The molecule has 1 rings (SSSR count). The van der Waals surface area contributed by atoms with Gasteiger partial charge in [-0.05, 0) is 15.9 Å². The minimum Gasteiger partial charge on any atom is -0.368 e. The highest BCUT2D eigenvalue weighted by molar-refractivity contribution is 9.10. The normalized spacial score (nSPS) is 9.42. The molecule has 5 nitrogen and oxygen atoms in total. The molecule has 0 spiro atoms. The van der Waals surface area contributed by atoms with Gasteiger partial charge in [0, 0.05) is 6.20 Å². The zero-order valence-electron chi connectivity index (χ0n) is 6.12. The van der Waals surface area contributed by atoms with Crippen molar-refractivity contribution < 1.29 is 4.79 Å². The van der Waals surface area contributed by atoms with Gasteiger partial charge in [-0.25, -0.2) is 9.97 Å². The molecule has 0 radical (unpaired) electrons. The van der Waals surface area contributed by atoms with Crippen LogP contribution in [0.3, 0.4) is 0 Å². The molecule has 6 heteroatoms. The monoisotopic (exact) mass is 230 g/mol. The van der Waals surface area contributed by atoms with Crippen LogP contribution in [0.5, 0.6) is 0 Å². The van der Waals surface area contributed by atoms with Gasteiger partial charge in [-0.1, -0.05) is 0 Å². The number of nitrogens with zero attached hydrogens (tertiary/aromatic N) is 2. The minimum absolute atomic E-state index is 0.0651. The first-order valence-electron chi connectivity index (χ1n) is 3.18. The zero-order chi connectivity index (χ0) is 8.97. The molecule has 0 bridgehead atoms. The molecule has 0 fully saturated rings. The van der Waals surface area contributed by atoms with Gasteiger partial charge in [-0.15, -0.1) is 0 Å². The molecular weight excluding hydrogens is 224 g/mol. The Balaban J connectivity index is 2.63. The van der Waals surface area contributed by atoms with E-state index in [1.807, 2.05) is 0 Å². The van der Waals surface area contributed by atoms with E-state index in [4.69, 9.17) is 5.73 Å². The van der Waals surface area contributed by atoms with Gasteiger partial charge >= 0.3 is 0 Å². The molecule has 0 saturated heterocycles. The molecule has 0 aromatic carbocycles. The first-order chi connectivity index (χ1) is 5.70. The Morgan fingerprint density at radius 3 is 3.08 bits per heavy atom. The average molecular weight is 231 g/mol. The number of amides is 1. The number of nitrogens with two attached hydrogens (primary N) is 1. The van der Waals surface area contributed by atoms with Crippen LogP contribution in [0.25, 0.3) is 0 Å². The van der Waals surface area contributed by atoms with Crippen LogP contribution in [0.2, 0.25) is 0 Å². The molecule has 1 aromatic heterocycles. The summed E-state index contributed by atoms with van der Waals surface area (Å²) >= 11 is 3.21. The lowest BCUT2D eigenvalue weighted by molar-refractivity contribution is -0.116. The lowest BCUT2D eigenvalue weighted by atomic mass is 10.5. The average Bonchev–Trinajstić information content (AvgIpc) is 2.03. The molecule has 0 aliphatic rings. The topological polar surface area (TPSA) is 80.9 Å². The van der Waals surface area contributed by atoms with Gasteiger partial charge < -0.3 is 11.1 Å². The van der Waals surface area contributed by atoms with E-state index in [0.29, 0.717) is 10.3 Å². The first kappa shape index (κ1) is 8.92. The second-order valence-corrected chi connectivity index (χ2v) is 2.89. The van der Waals surface area contributed by atoms with Crippen LogP contribution in [-0.4, -0.2) is 22.4 Å². The predicted molar refractivity (Wildman–Crippen MR) is 47.4 cm³/mol. The minimum atomic E-state index is -0.430. The van der Waals surface area contributed by atoms with Crippen LogP contribution >= 0.6 is 15.9 Å². The van der Waals surface area contributed by atoms with Gasteiger partial charge in [0.2, 0.25) is 5.91 Å². The van der Waals surface area contributed by atoms with Crippen molar-refractivity contribution in [3.05, 3.63) is 17.0 Å². The summed E-state index contributed by atoms with van der Waals surface area (Å²) in [7, 11) is 0. The summed E-state index contributed by atoms with van der Waals surface area (Å²) in [5.41, 5.74) is 4.93. The third-order valence-corrected chi connectivity index (χ3v) is 1.68. The molecule has 1 heterocycles. The number of rotatable bonds is 3. The summed E-state index contributed by atoms with van der Waals surface area (Å²) in [6, 6.07) is 0. The van der Waals surface area contributed by atoms with Crippen LogP contribution in [-0.2, 0) is 4.79 Å². The molecule has 0 saturated carbocycles. The highest BCUT2D eigenvalue weighted by Crippen LogP contribution is 2.16. The van der Waals surface area contributed by atoms with E-state index in [1.165, 1.54) is 6.33 Å². The van der Waals surface area contributed by atoms with Gasteiger partial charge in [0.05, 0.1) is 11.0 Å². The van der Waals surface area contributed by atoms with Crippen LogP contribution in [0.4, 0.5) is 5.82 Å². The van der Waals surface area contributed by atoms with E-state index in [-0.39, 0.29) is 6.54 Å². The van der Waals surface area contributed by atoms with E-state index in [0.717, 1.165) is 0 Å². The fourth-order valence-corrected chi connectivity index (χ4v) is 0.974. The summed E-state index contributed by atoms with van der Waals surface area (Å²) < 4.78 is 0.700. The third-order valence-electron chi connectivity index (χ3n) is 1.10. The Labute approximate surface area is 77.5 Å². The fraction of sp³-hybridized carbons (Fsp3) is 0.167. The molecule has 3 N–H and O–H groups in total. The van der Waals surface area contributed by atoms with Gasteiger partial charge in [0.1, 0.15) is 12.1 Å². The summed E-state index contributed by atoms with van der Waals surface area (Å²) in [6.07, 6.45) is 2.96. The number of anilines is 1. The zero-order valence-corrected chi connectivity index (χ0v) is 7.71. The van der Waals surface area contributed by atoms with Crippen molar-refractivity contribution in [3.63, 3.8) is 0 Å². The Morgan fingerprint density at radius 1 is 1.75 bits per heavy atom. The van der Waals surface area contributed by atoms with Crippen molar-refractivity contribution in [1.82, 2.24) is 9.97 Å². The lowest BCUT2D eigenvalue weighted by Crippen LogP contribution is -2.22. The van der Waals surface area contributed by atoms with Gasteiger partial charge in [-0.3, -0.25) is 4.79 Å². The van der Waals surface area contributed by atoms with E-state index in [1.54, 1.807) is 6.20 Å². The van der Waals surface area contributed by atoms with Crippen molar-refractivity contribution in [1.29, 1.82) is 0 Å².